The summed E-state index contributed by atoms with van der Waals surface area (Å²) in [5, 5.41) is 8.60. The van der Waals surface area contributed by atoms with Crippen molar-refractivity contribution >= 4 is 10.0 Å². The van der Waals surface area contributed by atoms with Crippen LogP contribution in [0.4, 0.5) is 4.39 Å². The molecule has 1 unspecified atom stereocenters. The van der Waals surface area contributed by atoms with Crippen molar-refractivity contribution in [2.24, 2.45) is 0 Å². The van der Waals surface area contributed by atoms with Gasteiger partial charge in [0.15, 0.2) is 0 Å². The highest BCUT2D eigenvalue weighted by atomic mass is 32.2. The van der Waals surface area contributed by atoms with Crippen LogP contribution in [0.25, 0.3) is 0 Å². The minimum absolute atomic E-state index is 0.0644. The highest BCUT2D eigenvalue weighted by Gasteiger charge is 2.27. The van der Waals surface area contributed by atoms with Crippen LogP contribution in [0.15, 0.2) is 23.1 Å². The highest BCUT2D eigenvalue weighted by molar-refractivity contribution is 7.89. The third kappa shape index (κ3) is 4.03. The van der Waals surface area contributed by atoms with Crippen molar-refractivity contribution in [2.45, 2.75) is 38.1 Å². The molecule has 0 radical (unpaired) electrons. The van der Waals surface area contributed by atoms with Gasteiger partial charge in [-0.05, 0) is 31.5 Å². The lowest BCUT2D eigenvalue weighted by Gasteiger charge is -2.26. The number of aliphatic hydroxyl groups is 1. The normalized spacial score (nSPS) is 12.9. The van der Waals surface area contributed by atoms with Gasteiger partial charge < -0.3 is 5.11 Å². The van der Waals surface area contributed by atoms with Crippen molar-refractivity contribution < 1.29 is 17.9 Å². The third-order valence-corrected chi connectivity index (χ3v) is 5.33. The van der Waals surface area contributed by atoms with Gasteiger partial charge in [-0.25, -0.2) is 12.8 Å². The van der Waals surface area contributed by atoms with Gasteiger partial charge in [0.05, 0.1) is 10.5 Å². The topological polar surface area (TPSA) is 57.6 Å². The van der Waals surface area contributed by atoms with Crippen LogP contribution in [0, 0.1) is 17.7 Å². The first-order valence-corrected chi connectivity index (χ1v) is 8.23. The van der Waals surface area contributed by atoms with E-state index in [4.69, 9.17) is 5.11 Å². The standard InChI is InChI=1S/C15H20FNO3S/c1-4-12(3)17(5-2)21(19,20)14-9-8-13(7-6-10-18)15(16)11-14/h8-9,11-12,18H,4-5,10H2,1-3H3. The monoisotopic (exact) mass is 313 g/mol. The number of halogens is 1. The number of sulfonamides is 1. The lowest BCUT2D eigenvalue weighted by atomic mass is 10.2. The van der Waals surface area contributed by atoms with Crippen LogP contribution in [0.1, 0.15) is 32.8 Å². The fourth-order valence-corrected chi connectivity index (χ4v) is 3.68. The quantitative estimate of drug-likeness (QED) is 0.846. The van der Waals surface area contributed by atoms with E-state index >= 15 is 0 Å². The number of hydrogen-bond donors (Lipinski definition) is 1. The molecular formula is C15H20FNO3S. The number of nitrogens with zero attached hydrogens (tertiary/aromatic N) is 1. The average molecular weight is 313 g/mol. The molecule has 0 saturated heterocycles. The van der Waals surface area contributed by atoms with Crippen LogP contribution >= 0.6 is 0 Å². The Morgan fingerprint density at radius 2 is 2.05 bits per heavy atom. The van der Waals surface area contributed by atoms with Gasteiger partial charge in [0.1, 0.15) is 12.4 Å². The zero-order valence-electron chi connectivity index (χ0n) is 12.4. The number of rotatable bonds is 5. The van der Waals surface area contributed by atoms with Gasteiger partial charge in [-0.1, -0.05) is 25.7 Å². The van der Waals surface area contributed by atoms with E-state index in [1.54, 1.807) is 6.92 Å². The smallest absolute Gasteiger partial charge is 0.243 e. The van der Waals surface area contributed by atoms with Crippen LogP contribution < -0.4 is 0 Å². The summed E-state index contributed by atoms with van der Waals surface area (Å²) in [6, 6.07) is 3.47. The summed E-state index contributed by atoms with van der Waals surface area (Å²) >= 11 is 0. The molecule has 1 atom stereocenters. The molecule has 1 aromatic rings. The summed E-state index contributed by atoms with van der Waals surface area (Å²) in [6.07, 6.45) is 0.676. The zero-order chi connectivity index (χ0) is 16.0. The van der Waals surface area contributed by atoms with Crippen molar-refractivity contribution in [3.05, 3.63) is 29.6 Å². The van der Waals surface area contributed by atoms with Crippen molar-refractivity contribution in [1.29, 1.82) is 0 Å². The maximum absolute atomic E-state index is 13.9. The van der Waals surface area contributed by atoms with Crippen LogP contribution in [0.3, 0.4) is 0 Å². The molecule has 0 heterocycles. The molecule has 0 fully saturated rings. The third-order valence-electron chi connectivity index (χ3n) is 3.24. The molecule has 21 heavy (non-hydrogen) atoms. The molecule has 1 rings (SSSR count). The van der Waals surface area contributed by atoms with Crippen molar-refractivity contribution in [3.8, 4) is 11.8 Å². The van der Waals surface area contributed by atoms with Gasteiger partial charge in [-0.2, -0.15) is 4.31 Å². The van der Waals surface area contributed by atoms with Crippen molar-refractivity contribution in [2.75, 3.05) is 13.2 Å². The molecular weight excluding hydrogens is 293 g/mol. The van der Waals surface area contributed by atoms with E-state index in [-0.39, 0.29) is 23.1 Å². The first-order valence-electron chi connectivity index (χ1n) is 6.79. The van der Waals surface area contributed by atoms with Gasteiger partial charge in [-0.15, -0.1) is 0 Å². The fourth-order valence-electron chi connectivity index (χ4n) is 1.95. The Morgan fingerprint density at radius 3 is 2.52 bits per heavy atom. The second-order valence-electron chi connectivity index (χ2n) is 4.57. The molecule has 1 aromatic carbocycles. The minimum Gasteiger partial charge on any atom is -0.384 e. The minimum atomic E-state index is -3.73. The molecule has 0 aliphatic heterocycles. The summed E-state index contributed by atoms with van der Waals surface area (Å²) in [7, 11) is -3.73. The lowest BCUT2D eigenvalue weighted by molar-refractivity contribution is 0.342. The Hall–Kier alpha value is -1.42. The second kappa shape index (κ2) is 7.55. The number of benzene rings is 1. The summed E-state index contributed by atoms with van der Waals surface area (Å²) in [6.45, 7) is 5.42. The van der Waals surface area contributed by atoms with Crippen LogP contribution in [0.5, 0.6) is 0 Å². The molecule has 0 spiro atoms. The fraction of sp³-hybridized carbons (Fsp3) is 0.467. The van der Waals surface area contributed by atoms with Crippen LogP contribution in [0.2, 0.25) is 0 Å². The van der Waals surface area contributed by atoms with E-state index in [9.17, 15) is 12.8 Å². The maximum Gasteiger partial charge on any atom is 0.243 e. The van der Waals surface area contributed by atoms with E-state index in [1.807, 2.05) is 13.8 Å². The van der Waals surface area contributed by atoms with Gasteiger partial charge in [0, 0.05) is 12.6 Å². The first-order chi connectivity index (χ1) is 9.88. The zero-order valence-corrected chi connectivity index (χ0v) is 13.2. The number of aliphatic hydroxyl groups excluding tert-OH is 1. The van der Waals surface area contributed by atoms with Gasteiger partial charge >= 0.3 is 0 Å². The molecule has 0 bridgehead atoms. The summed E-state index contributed by atoms with van der Waals surface area (Å²) in [4.78, 5) is -0.0864. The second-order valence-corrected chi connectivity index (χ2v) is 6.46. The van der Waals surface area contributed by atoms with Gasteiger partial charge in [0.25, 0.3) is 0 Å². The van der Waals surface area contributed by atoms with E-state index in [0.717, 1.165) is 6.07 Å². The van der Waals surface area contributed by atoms with Crippen molar-refractivity contribution in [3.63, 3.8) is 0 Å². The molecule has 0 aliphatic rings. The predicted molar refractivity (Wildman–Crippen MR) is 79.7 cm³/mol. The van der Waals surface area contributed by atoms with E-state index in [1.165, 1.54) is 16.4 Å². The Bertz CT molecular complexity index is 647. The maximum atomic E-state index is 13.9. The molecule has 0 amide bonds. The molecule has 0 aromatic heterocycles. The summed E-state index contributed by atoms with van der Waals surface area (Å²) in [5.41, 5.74) is 0.0644. The van der Waals surface area contributed by atoms with E-state index < -0.39 is 15.8 Å². The lowest BCUT2D eigenvalue weighted by Crippen LogP contribution is -2.38. The summed E-state index contributed by atoms with van der Waals surface area (Å²) in [5.74, 6) is 4.05. The van der Waals surface area contributed by atoms with Gasteiger partial charge in [0.2, 0.25) is 10.0 Å². The van der Waals surface area contributed by atoms with E-state index in [2.05, 4.69) is 11.8 Å². The Kier molecular flexibility index (Phi) is 6.34. The Labute approximate surface area is 125 Å². The molecule has 0 aliphatic carbocycles. The average Bonchev–Trinajstić information content (AvgIpc) is 2.46. The predicted octanol–water partition coefficient (Wildman–Crippen LogP) is 1.98. The summed E-state index contributed by atoms with van der Waals surface area (Å²) < 4.78 is 40.3. The van der Waals surface area contributed by atoms with E-state index in [0.29, 0.717) is 13.0 Å². The highest BCUT2D eigenvalue weighted by Crippen LogP contribution is 2.21. The SMILES string of the molecule is CCC(C)N(CC)S(=O)(=O)c1ccc(C#CCO)c(F)c1. The van der Waals surface area contributed by atoms with Gasteiger partial charge in [-0.3, -0.25) is 0 Å². The van der Waals surface area contributed by atoms with Crippen LogP contribution in [-0.4, -0.2) is 37.0 Å². The largest absolute Gasteiger partial charge is 0.384 e. The number of hydrogen-bond acceptors (Lipinski definition) is 3. The van der Waals surface area contributed by atoms with Crippen molar-refractivity contribution in [1.82, 2.24) is 4.31 Å². The molecule has 1 N–H and O–H groups in total. The Morgan fingerprint density at radius 1 is 1.38 bits per heavy atom. The Balaban J connectivity index is 3.23. The molecule has 4 nitrogen and oxygen atoms in total. The first kappa shape index (κ1) is 17.6. The van der Waals surface area contributed by atoms with Crippen LogP contribution in [-0.2, 0) is 10.0 Å². The molecule has 0 saturated carbocycles. The molecule has 6 heteroatoms. The molecule has 116 valence electrons.